The molecule has 0 bridgehead atoms. The van der Waals surface area contributed by atoms with Crippen molar-refractivity contribution >= 4 is 0 Å². The van der Waals surface area contributed by atoms with Crippen LogP contribution < -0.4 is 5.73 Å². The molecule has 2 aliphatic rings. The Morgan fingerprint density at radius 1 is 1.21 bits per heavy atom. The quantitative estimate of drug-likeness (QED) is 0.876. The molecule has 2 unspecified atom stereocenters. The normalized spacial score (nSPS) is 31.4. The summed E-state index contributed by atoms with van der Waals surface area (Å²) in [5.41, 5.74) is 8.20. The van der Waals surface area contributed by atoms with Gasteiger partial charge in [0.25, 0.3) is 0 Å². The second-order valence-electron chi connectivity index (χ2n) is 7.06. The minimum Gasteiger partial charge on any atom is -0.389 e. The maximum absolute atomic E-state index is 11.2. The van der Waals surface area contributed by atoms with Crippen LogP contribution in [0.5, 0.6) is 0 Å². The molecule has 0 amide bonds. The second kappa shape index (κ2) is 4.07. The Kier molecular flexibility index (Phi) is 2.81. The minimum atomic E-state index is -0.664. The van der Waals surface area contributed by atoms with E-state index in [9.17, 15) is 5.11 Å². The monoisotopic (exact) mass is 259 g/mol. The van der Waals surface area contributed by atoms with E-state index in [-0.39, 0.29) is 10.8 Å². The summed E-state index contributed by atoms with van der Waals surface area (Å²) in [6, 6.07) is 8.61. The van der Waals surface area contributed by atoms with Crippen LogP contribution in [-0.4, -0.2) is 17.3 Å². The summed E-state index contributed by atoms with van der Waals surface area (Å²) in [7, 11) is 0. The molecule has 1 aromatic rings. The van der Waals surface area contributed by atoms with Crippen molar-refractivity contribution in [1.82, 2.24) is 0 Å². The van der Waals surface area contributed by atoms with Crippen molar-refractivity contribution in [3.05, 3.63) is 35.4 Å². The van der Waals surface area contributed by atoms with E-state index in [0.29, 0.717) is 6.54 Å². The van der Waals surface area contributed by atoms with Crippen molar-refractivity contribution < 1.29 is 5.11 Å². The molecule has 1 fully saturated rings. The number of aliphatic hydroxyl groups is 1. The lowest BCUT2D eigenvalue weighted by Crippen LogP contribution is -2.58. The maximum atomic E-state index is 11.2. The zero-order chi connectivity index (χ0) is 13.7. The third-order valence-corrected chi connectivity index (χ3v) is 6.12. The lowest BCUT2D eigenvalue weighted by molar-refractivity contribution is -0.122. The summed E-state index contributed by atoms with van der Waals surface area (Å²) in [6.45, 7) is 4.82. The average Bonchev–Trinajstić information content (AvgIpc) is 3.17. The second-order valence-corrected chi connectivity index (χ2v) is 7.06. The largest absolute Gasteiger partial charge is 0.389 e. The highest BCUT2D eigenvalue weighted by Gasteiger charge is 2.61. The molecule has 0 heterocycles. The molecule has 3 N–H and O–H groups in total. The highest BCUT2D eigenvalue weighted by atomic mass is 16.3. The summed E-state index contributed by atoms with van der Waals surface area (Å²) in [5, 5.41) is 11.2. The smallest absolute Gasteiger partial charge is 0.0744 e. The number of rotatable bonds is 3. The van der Waals surface area contributed by atoms with Crippen molar-refractivity contribution in [2.45, 2.75) is 51.6 Å². The summed E-state index contributed by atoms with van der Waals surface area (Å²) in [6.07, 6.45) is 5.22. The van der Waals surface area contributed by atoms with Crippen molar-refractivity contribution in [2.75, 3.05) is 6.54 Å². The van der Waals surface area contributed by atoms with Gasteiger partial charge in [0.2, 0.25) is 0 Å². The van der Waals surface area contributed by atoms with Crippen LogP contribution in [0.2, 0.25) is 0 Å². The topological polar surface area (TPSA) is 46.2 Å². The first kappa shape index (κ1) is 13.1. The van der Waals surface area contributed by atoms with Gasteiger partial charge in [0.1, 0.15) is 0 Å². The average molecular weight is 259 g/mol. The van der Waals surface area contributed by atoms with E-state index in [1.54, 1.807) is 0 Å². The Bertz CT molecular complexity index is 490. The van der Waals surface area contributed by atoms with Gasteiger partial charge in [-0.1, -0.05) is 31.2 Å². The fourth-order valence-electron chi connectivity index (χ4n) is 3.90. The van der Waals surface area contributed by atoms with Crippen LogP contribution in [0.25, 0.3) is 0 Å². The van der Waals surface area contributed by atoms with E-state index in [1.165, 1.54) is 11.1 Å². The van der Waals surface area contributed by atoms with Crippen molar-refractivity contribution in [3.63, 3.8) is 0 Å². The van der Waals surface area contributed by atoms with E-state index in [2.05, 4.69) is 31.2 Å². The van der Waals surface area contributed by atoms with Gasteiger partial charge in [-0.3, -0.25) is 0 Å². The molecule has 2 aliphatic carbocycles. The van der Waals surface area contributed by atoms with Gasteiger partial charge in [0.15, 0.2) is 0 Å². The molecule has 0 aliphatic heterocycles. The number of hydrogen-bond acceptors (Lipinski definition) is 2. The maximum Gasteiger partial charge on any atom is 0.0744 e. The first-order chi connectivity index (χ1) is 8.94. The summed E-state index contributed by atoms with van der Waals surface area (Å²) >= 11 is 0. The molecule has 2 atom stereocenters. The van der Waals surface area contributed by atoms with E-state index in [4.69, 9.17) is 5.73 Å². The predicted molar refractivity (Wildman–Crippen MR) is 77.9 cm³/mol. The molecule has 0 saturated heterocycles. The molecule has 1 saturated carbocycles. The van der Waals surface area contributed by atoms with Crippen LogP contribution in [0.1, 0.15) is 44.2 Å². The Hall–Kier alpha value is -0.860. The Labute approximate surface area is 116 Å². The molecule has 19 heavy (non-hydrogen) atoms. The first-order valence-electron chi connectivity index (χ1n) is 7.43. The molecule has 2 heteroatoms. The van der Waals surface area contributed by atoms with Crippen LogP contribution in [-0.2, 0) is 12.8 Å². The molecule has 0 spiro atoms. The van der Waals surface area contributed by atoms with Crippen LogP contribution >= 0.6 is 0 Å². The fourth-order valence-corrected chi connectivity index (χ4v) is 3.90. The number of aryl methyl sites for hydroxylation is 1. The van der Waals surface area contributed by atoms with Crippen LogP contribution in [0.4, 0.5) is 0 Å². The van der Waals surface area contributed by atoms with E-state index in [0.717, 1.165) is 32.1 Å². The minimum absolute atomic E-state index is 0.0681. The predicted octanol–water partition coefficient (Wildman–Crippen LogP) is 2.67. The SMILES string of the molecule is CC1(C(C)(O)C2(CN)CCc3ccccc3C2)CC1. The summed E-state index contributed by atoms with van der Waals surface area (Å²) in [5.74, 6) is 0. The summed E-state index contributed by atoms with van der Waals surface area (Å²) in [4.78, 5) is 0. The molecule has 0 radical (unpaired) electrons. The highest BCUT2D eigenvalue weighted by molar-refractivity contribution is 5.33. The lowest BCUT2D eigenvalue weighted by Gasteiger charge is -2.51. The van der Waals surface area contributed by atoms with Gasteiger partial charge in [0, 0.05) is 12.0 Å². The molecular formula is C17H25NO. The van der Waals surface area contributed by atoms with Crippen molar-refractivity contribution in [3.8, 4) is 0 Å². The number of benzene rings is 1. The van der Waals surface area contributed by atoms with Gasteiger partial charge in [0.05, 0.1) is 5.60 Å². The highest BCUT2D eigenvalue weighted by Crippen LogP contribution is 2.61. The van der Waals surface area contributed by atoms with Gasteiger partial charge in [-0.15, -0.1) is 0 Å². The van der Waals surface area contributed by atoms with Gasteiger partial charge in [-0.05, 0) is 55.6 Å². The molecule has 104 valence electrons. The zero-order valence-corrected chi connectivity index (χ0v) is 12.1. The van der Waals surface area contributed by atoms with Crippen molar-refractivity contribution in [2.24, 2.45) is 16.6 Å². The van der Waals surface area contributed by atoms with Crippen molar-refractivity contribution in [1.29, 1.82) is 0 Å². The standard InChI is InChI=1S/C17H25NO/c1-15(9-10-15)16(2,19)17(12-18)8-7-13-5-3-4-6-14(13)11-17/h3-6,19H,7-12,18H2,1-2H3. The third-order valence-electron chi connectivity index (χ3n) is 6.12. The summed E-state index contributed by atoms with van der Waals surface area (Å²) < 4.78 is 0. The molecule has 3 rings (SSSR count). The Morgan fingerprint density at radius 2 is 1.84 bits per heavy atom. The molecule has 0 aromatic heterocycles. The third kappa shape index (κ3) is 1.77. The fraction of sp³-hybridized carbons (Fsp3) is 0.647. The Morgan fingerprint density at radius 3 is 2.42 bits per heavy atom. The Balaban J connectivity index is 1.98. The van der Waals surface area contributed by atoms with Crippen LogP contribution in [0, 0.1) is 10.8 Å². The van der Waals surface area contributed by atoms with E-state index in [1.807, 2.05) is 6.92 Å². The van der Waals surface area contributed by atoms with E-state index < -0.39 is 5.60 Å². The number of hydrogen-bond donors (Lipinski definition) is 2. The molecule has 2 nitrogen and oxygen atoms in total. The van der Waals surface area contributed by atoms with Crippen LogP contribution in [0.15, 0.2) is 24.3 Å². The first-order valence-corrected chi connectivity index (χ1v) is 7.43. The van der Waals surface area contributed by atoms with Gasteiger partial charge in [-0.2, -0.15) is 0 Å². The van der Waals surface area contributed by atoms with Gasteiger partial charge in [-0.25, -0.2) is 0 Å². The van der Waals surface area contributed by atoms with Crippen LogP contribution in [0.3, 0.4) is 0 Å². The lowest BCUT2D eigenvalue weighted by atomic mass is 9.58. The van der Waals surface area contributed by atoms with Gasteiger partial charge < -0.3 is 10.8 Å². The van der Waals surface area contributed by atoms with Gasteiger partial charge >= 0.3 is 0 Å². The zero-order valence-electron chi connectivity index (χ0n) is 12.1. The number of nitrogens with two attached hydrogens (primary N) is 1. The van der Waals surface area contributed by atoms with E-state index >= 15 is 0 Å². The number of fused-ring (bicyclic) bond motifs is 1. The molecular weight excluding hydrogens is 234 g/mol. The molecule has 1 aromatic carbocycles.